The fourth-order valence-corrected chi connectivity index (χ4v) is 12.7. The number of nitrogens with one attached hydrogen (secondary N) is 1. The van der Waals surface area contributed by atoms with Crippen LogP contribution in [0.15, 0.2) is 24.3 Å². The number of rotatable bonds is 6. The lowest BCUT2D eigenvalue weighted by Crippen LogP contribution is -2.67. The largest absolute Gasteiger partial charge is 0.478 e. The van der Waals surface area contributed by atoms with E-state index < -0.39 is 11.8 Å². The number of likely N-dealkylation sites (tertiary alicyclic amines) is 1. The van der Waals surface area contributed by atoms with Crippen molar-refractivity contribution in [3.05, 3.63) is 41.2 Å². The molecule has 44 heavy (non-hydrogen) atoms. The molecule has 240 valence electrons. The highest BCUT2D eigenvalue weighted by Gasteiger charge is 2.68. The van der Waals surface area contributed by atoms with Gasteiger partial charge in [-0.3, -0.25) is 4.79 Å². The van der Waals surface area contributed by atoms with E-state index in [4.69, 9.17) is 0 Å². The third-order valence-electron chi connectivity index (χ3n) is 15.1. The molecule has 6 unspecified atom stereocenters. The second-order valence-electron chi connectivity index (χ2n) is 16.4. The van der Waals surface area contributed by atoms with E-state index in [1.165, 1.54) is 75.5 Å². The Hall–Kier alpha value is -2.21. The van der Waals surface area contributed by atoms with Gasteiger partial charge < -0.3 is 15.3 Å². The monoisotopic (exact) mass is 604 g/mol. The van der Waals surface area contributed by atoms with Crippen LogP contribution in [0.25, 0.3) is 5.57 Å². The number of carboxylic acid groups (broad SMARTS) is 1. The molecule has 1 saturated heterocycles. The van der Waals surface area contributed by atoms with Gasteiger partial charge in [-0.2, -0.15) is 0 Å². The lowest BCUT2D eigenvalue weighted by Gasteiger charge is -2.71. The number of hydrogen-bond acceptors (Lipinski definition) is 3. The van der Waals surface area contributed by atoms with Crippen LogP contribution in [0.4, 0.5) is 4.39 Å². The Kier molecular flexibility index (Phi) is 7.38. The second-order valence-corrected chi connectivity index (χ2v) is 16.4. The number of amides is 1. The molecule has 7 rings (SSSR count). The number of carbonyl (C=O) groups is 2. The van der Waals surface area contributed by atoms with Crippen molar-refractivity contribution >= 4 is 17.4 Å². The molecule has 1 aromatic rings. The van der Waals surface area contributed by atoms with Crippen LogP contribution in [0.5, 0.6) is 0 Å². The van der Waals surface area contributed by atoms with Gasteiger partial charge in [-0.05, 0) is 133 Å². The summed E-state index contributed by atoms with van der Waals surface area (Å²) >= 11 is 0. The Morgan fingerprint density at radius 3 is 2.55 bits per heavy atom. The zero-order valence-corrected chi connectivity index (χ0v) is 27.4. The smallest absolute Gasteiger partial charge is 0.338 e. The average Bonchev–Trinajstić information content (AvgIpc) is 3.59. The highest BCUT2D eigenvalue weighted by atomic mass is 19.1. The number of aromatic carboxylic acids is 1. The summed E-state index contributed by atoms with van der Waals surface area (Å²) in [5, 5.41) is 13.4. The van der Waals surface area contributed by atoms with Gasteiger partial charge in [0.2, 0.25) is 5.91 Å². The molecule has 6 heteroatoms. The fraction of sp³-hybridized carbons (Fsp3) is 0.737. The van der Waals surface area contributed by atoms with Crippen molar-refractivity contribution in [2.75, 3.05) is 19.6 Å². The van der Waals surface area contributed by atoms with E-state index in [9.17, 15) is 19.1 Å². The second kappa shape index (κ2) is 10.7. The zero-order chi connectivity index (χ0) is 31.1. The summed E-state index contributed by atoms with van der Waals surface area (Å²) < 4.78 is 14.7. The van der Waals surface area contributed by atoms with Gasteiger partial charge in [0.25, 0.3) is 0 Å². The Balaban J connectivity index is 1.12. The number of benzene rings is 1. The van der Waals surface area contributed by atoms with E-state index in [0.717, 1.165) is 56.3 Å². The Bertz CT molecular complexity index is 1380. The number of hydrogen-bond donors (Lipinski definition) is 2. The van der Waals surface area contributed by atoms with Crippen molar-refractivity contribution in [1.29, 1.82) is 0 Å². The quantitative estimate of drug-likeness (QED) is 0.346. The Morgan fingerprint density at radius 2 is 1.82 bits per heavy atom. The Labute approximate surface area is 263 Å². The molecule has 5 fully saturated rings. The van der Waals surface area contributed by atoms with E-state index in [1.807, 2.05) is 6.07 Å². The molecule has 0 bridgehead atoms. The zero-order valence-electron chi connectivity index (χ0n) is 27.4. The van der Waals surface area contributed by atoms with Crippen LogP contribution in [-0.4, -0.2) is 47.1 Å². The first kappa shape index (κ1) is 30.4. The number of halogens is 1. The van der Waals surface area contributed by atoms with E-state index in [2.05, 4.69) is 44.0 Å². The van der Waals surface area contributed by atoms with Gasteiger partial charge in [0.05, 0.1) is 5.56 Å². The van der Waals surface area contributed by atoms with Crippen molar-refractivity contribution in [2.45, 2.75) is 110 Å². The summed E-state index contributed by atoms with van der Waals surface area (Å²) in [7, 11) is 0. The maximum absolute atomic E-state index is 14.7. The normalized spacial score (nSPS) is 43.1. The van der Waals surface area contributed by atoms with Crippen LogP contribution in [-0.2, 0) is 4.79 Å². The van der Waals surface area contributed by atoms with Crippen LogP contribution in [0.3, 0.4) is 0 Å². The van der Waals surface area contributed by atoms with Crippen LogP contribution >= 0.6 is 0 Å². The highest BCUT2D eigenvalue weighted by molar-refractivity contribution is 5.88. The molecule has 1 amide bonds. The molecule has 2 N–H and O–H groups in total. The predicted molar refractivity (Wildman–Crippen MR) is 171 cm³/mol. The lowest BCUT2D eigenvalue weighted by atomic mass is 9.34. The predicted octanol–water partition coefficient (Wildman–Crippen LogP) is 7.95. The van der Waals surface area contributed by atoms with E-state index >= 15 is 0 Å². The third kappa shape index (κ3) is 4.32. The van der Waals surface area contributed by atoms with E-state index in [0.29, 0.717) is 34.5 Å². The molecule has 0 radical (unpaired) electrons. The topological polar surface area (TPSA) is 69.6 Å². The van der Waals surface area contributed by atoms with E-state index in [1.54, 1.807) is 0 Å². The lowest BCUT2D eigenvalue weighted by molar-refractivity contribution is -0.211. The van der Waals surface area contributed by atoms with Crippen molar-refractivity contribution in [3.63, 3.8) is 0 Å². The molecule has 0 spiro atoms. The molecule has 1 aliphatic heterocycles. The van der Waals surface area contributed by atoms with Gasteiger partial charge in [-0.1, -0.05) is 46.3 Å². The van der Waals surface area contributed by atoms with Crippen molar-refractivity contribution in [3.8, 4) is 0 Å². The molecular formula is C38H53FN2O3. The molecule has 6 aliphatic rings. The van der Waals surface area contributed by atoms with Gasteiger partial charge in [-0.25, -0.2) is 9.18 Å². The molecule has 1 aromatic carbocycles. The van der Waals surface area contributed by atoms with Crippen LogP contribution in [0.2, 0.25) is 0 Å². The Morgan fingerprint density at radius 1 is 1.00 bits per heavy atom. The van der Waals surface area contributed by atoms with E-state index in [-0.39, 0.29) is 16.5 Å². The minimum Gasteiger partial charge on any atom is -0.478 e. The van der Waals surface area contributed by atoms with Crippen LogP contribution in [0.1, 0.15) is 121 Å². The molecular weight excluding hydrogens is 551 g/mol. The molecule has 4 saturated carbocycles. The number of fused-ring (bicyclic) bond motifs is 7. The number of carbonyl (C=O) groups excluding carboxylic acids is 1. The first-order valence-corrected chi connectivity index (χ1v) is 17.7. The molecule has 0 aromatic heterocycles. The molecule has 5 aliphatic carbocycles. The van der Waals surface area contributed by atoms with Gasteiger partial charge in [0, 0.05) is 31.6 Å². The highest BCUT2D eigenvalue weighted by Crippen LogP contribution is 2.75. The summed E-state index contributed by atoms with van der Waals surface area (Å²) in [6, 6.07) is 4.69. The molecule has 1 heterocycles. The standard InChI is InChI=1S/C38H53FN2O3/c1-24-26(25-9-10-27(34(43)44)31(39)23-25)13-16-35(2)28(24)14-17-37(4)32(35)12-11-29-30-7-5-15-38(30,19-18-36(29,37)3)40-20-22-41-21-6-8-33(41)42/h9-10,13,23-24,28-30,32,40H,5-8,11-12,14-22H2,1-4H3,(H,43,44)/t24?,28?,29-,30?,32?,35+,36-,37?,38?/m1/s1. The van der Waals surface area contributed by atoms with Gasteiger partial charge >= 0.3 is 5.97 Å². The summed E-state index contributed by atoms with van der Waals surface area (Å²) in [4.78, 5) is 25.7. The van der Waals surface area contributed by atoms with Crippen molar-refractivity contribution in [1.82, 2.24) is 10.2 Å². The minimum absolute atomic E-state index is 0.216. The van der Waals surface area contributed by atoms with Gasteiger partial charge in [0.15, 0.2) is 0 Å². The summed E-state index contributed by atoms with van der Waals surface area (Å²) in [6.07, 6.45) is 16.8. The SMILES string of the molecule is CC1C(c2ccc(C(=O)O)c(F)c2)=CC[C@@]2(C)C1CCC1(C)C2CC[C@@H]2C3CCCC3(NCCN3CCCC3=O)CC[C@]21C. The van der Waals surface area contributed by atoms with Crippen LogP contribution in [0, 0.1) is 51.7 Å². The third-order valence-corrected chi connectivity index (χ3v) is 15.1. The summed E-state index contributed by atoms with van der Waals surface area (Å²) in [5.41, 5.74) is 2.89. The number of carboxylic acids is 1. The van der Waals surface area contributed by atoms with Crippen molar-refractivity contribution in [2.24, 2.45) is 45.8 Å². The summed E-state index contributed by atoms with van der Waals surface area (Å²) in [5.74, 6) is 1.51. The number of allylic oxidation sites excluding steroid dienone is 2. The van der Waals surface area contributed by atoms with Crippen LogP contribution < -0.4 is 5.32 Å². The van der Waals surface area contributed by atoms with Gasteiger partial charge in [-0.15, -0.1) is 0 Å². The first-order valence-electron chi connectivity index (χ1n) is 17.7. The molecule has 5 nitrogen and oxygen atoms in total. The van der Waals surface area contributed by atoms with Gasteiger partial charge in [0.1, 0.15) is 5.82 Å². The molecule has 9 atom stereocenters. The van der Waals surface area contributed by atoms with Crippen molar-refractivity contribution < 1.29 is 19.1 Å². The number of nitrogens with zero attached hydrogens (tertiary/aromatic N) is 1. The summed E-state index contributed by atoms with van der Waals surface area (Å²) in [6.45, 7) is 13.0. The maximum atomic E-state index is 14.7. The maximum Gasteiger partial charge on any atom is 0.338 e. The first-order chi connectivity index (χ1) is 20.9. The average molecular weight is 605 g/mol. The minimum atomic E-state index is -1.21. The fourth-order valence-electron chi connectivity index (χ4n) is 12.7.